The first-order chi connectivity index (χ1) is 24.5. The summed E-state index contributed by atoms with van der Waals surface area (Å²) >= 11 is 0. The van der Waals surface area contributed by atoms with Crippen LogP contribution in [0.15, 0.2) is 30.5 Å². The van der Waals surface area contributed by atoms with Crippen LogP contribution in [0, 0.1) is 29.1 Å². The van der Waals surface area contributed by atoms with Gasteiger partial charge in [0.1, 0.15) is 11.3 Å². The average molecular weight is 718 g/mol. The van der Waals surface area contributed by atoms with E-state index in [1.165, 1.54) is 0 Å². The number of nitrogen functional groups attached to an aromatic ring is 1. The van der Waals surface area contributed by atoms with Crippen LogP contribution in [-0.4, -0.2) is 76.0 Å². The normalized spacial score (nSPS) is 13.5. The smallest absolute Gasteiger partial charge is 0.311 e. The van der Waals surface area contributed by atoms with Gasteiger partial charge < -0.3 is 30.0 Å². The van der Waals surface area contributed by atoms with Crippen LogP contribution in [0.5, 0.6) is 11.5 Å². The van der Waals surface area contributed by atoms with E-state index in [1.54, 1.807) is 12.0 Å². The molecule has 3 N–H and O–H groups in total. The number of benzene rings is 2. The number of unbranched alkanes of at least 4 members (excludes halogenated alkanes) is 2. The Morgan fingerprint density at radius 1 is 0.882 bits per heavy atom. The molecule has 1 saturated heterocycles. The van der Waals surface area contributed by atoms with Crippen molar-refractivity contribution in [3.05, 3.63) is 70.7 Å². The van der Waals surface area contributed by atoms with Gasteiger partial charge in [0.05, 0.1) is 19.2 Å². The Balaban J connectivity index is 1.11. The number of anilines is 2. The number of ether oxygens (including phenoxy) is 2. The van der Waals surface area contributed by atoms with Gasteiger partial charge >= 0.3 is 5.97 Å². The van der Waals surface area contributed by atoms with Gasteiger partial charge in [-0.2, -0.15) is 13.8 Å². The molecule has 16 heteroatoms. The third kappa shape index (κ3) is 8.85. The Labute approximate surface area is 291 Å². The number of fused-ring (bicyclic) bond motifs is 1. The lowest BCUT2D eigenvalue weighted by molar-refractivity contribution is -0.135. The van der Waals surface area contributed by atoms with Gasteiger partial charge in [0.25, 0.3) is 0 Å². The number of nitrogens with one attached hydrogen (secondary N) is 1. The molecule has 11 nitrogen and oxygen atoms in total. The highest BCUT2D eigenvalue weighted by Crippen LogP contribution is 2.30. The van der Waals surface area contributed by atoms with Gasteiger partial charge in [-0.25, -0.2) is 18.2 Å². The standard InChI is InChI=1S/C35H40F5N7O4/c1-3-4-5-12-42-34-32-23(43-35(41)44-34)11-13-47(32)20-22-10-9-21(18-24(22)50-2)19-45-14-16-46(17-15-45)25(48)7-6-8-26(49)51-33-30(39)28(37)27(36)29(38)31(33)40/h9-11,13,18H,3-8,12,14-17,19-20H2,1-2H3,(H3,41,42,43,44). The van der Waals surface area contributed by atoms with E-state index >= 15 is 0 Å². The summed E-state index contributed by atoms with van der Waals surface area (Å²) in [5.74, 6) is -12.7. The van der Waals surface area contributed by atoms with Crippen molar-refractivity contribution in [3.8, 4) is 11.5 Å². The largest absolute Gasteiger partial charge is 0.496 e. The molecule has 1 aliphatic heterocycles. The Hall–Kier alpha value is -4.99. The number of piperazine rings is 1. The van der Waals surface area contributed by atoms with E-state index in [0.29, 0.717) is 45.1 Å². The third-order valence-corrected chi connectivity index (χ3v) is 8.68. The van der Waals surface area contributed by atoms with Gasteiger partial charge in [-0.05, 0) is 30.5 Å². The van der Waals surface area contributed by atoms with Crippen molar-refractivity contribution < 1.29 is 41.0 Å². The highest BCUT2D eigenvalue weighted by Gasteiger charge is 2.29. The molecule has 0 radical (unpaired) electrons. The van der Waals surface area contributed by atoms with Crippen LogP contribution in [0.25, 0.3) is 11.0 Å². The summed E-state index contributed by atoms with van der Waals surface area (Å²) in [7, 11) is 1.63. The lowest BCUT2D eigenvalue weighted by Crippen LogP contribution is -2.48. The Bertz CT molecular complexity index is 1850. The number of methoxy groups -OCH3 is 1. The molecular formula is C35H40F5N7O4. The van der Waals surface area contributed by atoms with Crippen LogP contribution in [0.2, 0.25) is 0 Å². The van der Waals surface area contributed by atoms with Gasteiger partial charge in [-0.1, -0.05) is 31.9 Å². The van der Waals surface area contributed by atoms with Gasteiger partial charge in [0.15, 0.2) is 5.82 Å². The number of carbonyl (C=O) groups is 2. The number of hydrogen-bond donors (Lipinski definition) is 2. The number of amides is 1. The average Bonchev–Trinajstić information content (AvgIpc) is 3.53. The fourth-order valence-electron chi connectivity index (χ4n) is 5.96. The highest BCUT2D eigenvalue weighted by atomic mass is 19.2. The predicted octanol–water partition coefficient (Wildman–Crippen LogP) is 5.79. The van der Waals surface area contributed by atoms with E-state index in [2.05, 4.69) is 36.4 Å². The molecule has 2 aromatic heterocycles. The van der Waals surface area contributed by atoms with E-state index in [4.69, 9.17) is 10.5 Å². The molecule has 1 amide bonds. The molecule has 0 aliphatic carbocycles. The minimum absolute atomic E-state index is 0.0317. The number of nitrogens with two attached hydrogens (primary N) is 1. The quantitative estimate of drug-likeness (QED) is 0.0393. The Morgan fingerprint density at radius 2 is 1.59 bits per heavy atom. The molecule has 51 heavy (non-hydrogen) atoms. The predicted molar refractivity (Wildman–Crippen MR) is 180 cm³/mol. The van der Waals surface area contributed by atoms with Gasteiger partial charge in [-0.3, -0.25) is 14.5 Å². The first kappa shape index (κ1) is 37.3. The van der Waals surface area contributed by atoms with E-state index in [-0.39, 0.29) is 24.7 Å². The number of halogens is 5. The van der Waals surface area contributed by atoms with Crippen LogP contribution in [0.1, 0.15) is 56.6 Å². The van der Waals surface area contributed by atoms with Crippen molar-refractivity contribution in [2.75, 3.05) is 50.9 Å². The van der Waals surface area contributed by atoms with E-state index < -0.39 is 47.2 Å². The zero-order chi connectivity index (χ0) is 36.7. The van der Waals surface area contributed by atoms with Gasteiger partial charge in [0, 0.05) is 63.9 Å². The van der Waals surface area contributed by atoms with Gasteiger partial charge in [-0.15, -0.1) is 0 Å². The summed E-state index contributed by atoms with van der Waals surface area (Å²) in [5.41, 5.74) is 9.60. The summed E-state index contributed by atoms with van der Waals surface area (Å²) in [4.78, 5) is 37.5. The maximum Gasteiger partial charge on any atom is 0.311 e. The Morgan fingerprint density at radius 3 is 2.27 bits per heavy atom. The maximum absolute atomic E-state index is 13.8. The molecule has 0 unspecified atom stereocenters. The van der Waals surface area contributed by atoms with Crippen molar-refractivity contribution >= 4 is 34.7 Å². The summed E-state index contributed by atoms with van der Waals surface area (Å²) in [6.07, 6.45) is 4.66. The number of nitrogens with zero attached hydrogens (tertiary/aromatic N) is 5. The molecule has 0 bridgehead atoms. The minimum atomic E-state index is -2.35. The summed E-state index contributed by atoms with van der Waals surface area (Å²) in [6.45, 7) is 6.20. The molecule has 5 rings (SSSR count). The van der Waals surface area contributed by atoms with Crippen molar-refractivity contribution in [1.29, 1.82) is 0 Å². The van der Waals surface area contributed by atoms with Gasteiger partial charge in [0.2, 0.25) is 46.7 Å². The fourth-order valence-corrected chi connectivity index (χ4v) is 5.96. The molecular weight excluding hydrogens is 677 g/mol. The summed E-state index contributed by atoms with van der Waals surface area (Å²) in [5, 5.41) is 3.41. The minimum Gasteiger partial charge on any atom is -0.496 e. The second-order valence-corrected chi connectivity index (χ2v) is 12.3. The van der Waals surface area contributed by atoms with Crippen LogP contribution in [0.4, 0.5) is 33.7 Å². The van der Waals surface area contributed by atoms with Crippen LogP contribution >= 0.6 is 0 Å². The summed E-state index contributed by atoms with van der Waals surface area (Å²) < 4.78 is 79.8. The van der Waals surface area contributed by atoms with Crippen molar-refractivity contribution in [2.24, 2.45) is 0 Å². The molecule has 1 aliphatic rings. The maximum atomic E-state index is 13.8. The van der Waals surface area contributed by atoms with Crippen LogP contribution in [0.3, 0.4) is 0 Å². The zero-order valence-electron chi connectivity index (χ0n) is 28.4. The molecule has 3 heterocycles. The number of aromatic nitrogens is 3. The first-order valence-electron chi connectivity index (χ1n) is 16.7. The number of esters is 1. The molecule has 1 fully saturated rings. The highest BCUT2D eigenvalue weighted by molar-refractivity contribution is 5.87. The van der Waals surface area contributed by atoms with E-state index in [1.807, 2.05) is 30.5 Å². The van der Waals surface area contributed by atoms with E-state index in [9.17, 15) is 31.5 Å². The Kier molecular flexibility index (Phi) is 12.3. The lowest BCUT2D eigenvalue weighted by Gasteiger charge is -2.35. The zero-order valence-corrected chi connectivity index (χ0v) is 28.4. The SMILES string of the molecule is CCCCCNc1nc(N)nc2ccn(Cc3ccc(CN4CCN(C(=O)CCCC(=O)Oc5c(F)c(F)c(F)c(F)c5F)CC4)cc3OC)c12. The molecule has 4 aromatic rings. The number of rotatable bonds is 15. The fraction of sp³-hybridized carbons (Fsp3) is 0.429. The molecule has 0 atom stereocenters. The molecule has 0 spiro atoms. The monoisotopic (exact) mass is 717 g/mol. The lowest BCUT2D eigenvalue weighted by atomic mass is 10.1. The molecule has 274 valence electrons. The van der Waals surface area contributed by atoms with Crippen LogP contribution in [-0.2, 0) is 22.7 Å². The summed E-state index contributed by atoms with van der Waals surface area (Å²) in [6, 6.07) is 7.99. The molecule has 2 aromatic carbocycles. The second-order valence-electron chi connectivity index (χ2n) is 12.3. The van der Waals surface area contributed by atoms with Crippen molar-refractivity contribution in [2.45, 2.75) is 58.5 Å². The van der Waals surface area contributed by atoms with Crippen molar-refractivity contribution in [3.63, 3.8) is 0 Å². The second kappa shape index (κ2) is 16.8. The number of hydrogen-bond acceptors (Lipinski definition) is 9. The first-order valence-corrected chi connectivity index (χ1v) is 16.7. The third-order valence-electron chi connectivity index (χ3n) is 8.68. The number of carbonyl (C=O) groups excluding carboxylic acids is 2. The molecule has 0 saturated carbocycles. The van der Waals surface area contributed by atoms with Crippen LogP contribution < -0.4 is 20.5 Å². The van der Waals surface area contributed by atoms with E-state index in [0.717, 1.165) is 53.7 Å². The van der Waals surface area contributed by atoms with Crippen molar-refractivity contribution in [1.82, 2.24) is 24.3 Å². The topological polar surface area (TPSA) is 128 Å².